The van der Waals surface area contributed by atoms with Gasteiger partial charge in [0, 0.05) is 35.8 Å². The number of fused-ring (bicyclic) bond motifs is 1. The molecule has 0 saturated carbocycles. The number of halogens is 2. The quantitative estimate of drug-likeness (QED) is 0.0871. The highest BCUT2D eigenvalue weighted by molar-refractivity contribution is 6.31. The van der Waals surface area contributed by atoms with Gasteiger partial charge >= 0.3 is 5.69 Å². The molecule has 3 aromatic heterocycles. The zero-order chi connectivity index (χ0) is 30.2. The lowest BCUT2D eigenvalue weighted by molar-refractivity contribution is 0.480. The maximum atomic E-state index is 15.1. The lowest BCUT2D eigenvalue weighted by atomic mass is 10.0. The third kappa shape index (κ3) is 8.02. The summed E-state index contributed by atoms with van der Waals surface area (Å²) in [6.45, 7) is 7.36. The largest absolute Gasteiger partial charge is 0.388 e. The van der Waals surface area contributed by atoms with Crippen LogP contribution in [-0.4, -0.2) is 44.5 Å². The number of nitrogens with one attached hydrogen (secondary N) is 2. The summed E-state index contributed by atoms with van der Waals surface area (Å²) in [6.07, 6.45) is 8.64. The van der Waals surface area contributed by atoms with Crippen LogP contribution >= 0.6 is 11.6 Å². The molecule has 3 heterocycles. The van der Waals surface area contributed by atoms with Crippen molar-refractivity contribution in [3.63, 3.8) is 0 Å². The van der Waals surface area contributed by atoms with Crippen LogP contribution in [0.15, 0.2) is 52.5 Å². The molecular weight excluding hydrogens is 555 g/mol. The number of amidine groups is 1. The number of pyridine rings is 1. The molecule has 1 aromatic carbocycles. The molecule has 0 spiro atoms. The van der Waals surface area contributed by atoms with Crippen molar-refractivity contribution in [3.05, 3.63) is 75.3 Å². The molecule has 0 aliphatic heterocycles. The number of hydrogen-bond acceptors (Lipinski definition) is 6. The molecule has 0 aliphatic carbocycles. The summed E-state index contributed by atoms with van der Waals surface area (Å²) in [7, 11) is 0. The van der Waals surface area contributed by atoms with Gasteiger partial charge in [0.15, 0.2) is 5.82 Å². The number of benzene rings is 1. The van der Waals surface area contributed by atoms with E-state index in [9.17, 15) is 4.79 Å². The van der Waals surface area contributed by atoms with Crippen LogP contribution in [0, 0.1) is 5.82 Å². The van der Waals surface area contributed by atoms with Crippen LogP contribution in [0.2, 0.25) is 5.02 Å². The predicted molar refractivity (Wildman–Crippen MR) is 169 cm³/mol. The Kier molecular flexibility index (Phi) is 10.8. The van der Waals surface area contributed by atoms with Gasteiger partial charge in [-0.2, -0.15) is 4.98 Å². The van der Waals surface area contributed by atoms with Gasteiger partial charge in [-0.25, -0.2) is 9.18 Å². The van der Waals surface area contributed by atoms with Crippen LogP contribution in [0.4, 0.5) is 4.39 Å². The normalized spacial score (nSPS) is 13.5. The number of aliphatic imine (C=N–C) groups is 1. The maximum absolute atomic E-state index is 15.1. The maximum Gasteiger partial charge on any atom is 0.354 e. The number of nitrogens with two attached hydrogens (primary N) is 2. The smallest absolute Gasteiger partial charge is 0.354 e. The molecule has 2 unspecified atom stereocenters. The van der Waals surface area contributed by atoms with E-state index in [0.717, 1.165) is 56.3 Å². The van der Waals surface area contributed by atoms with E-state index < -0.39 is 11.5 Å². The molecule has 11 heteroatoms. The fourth-order valence-corrected chi connectivity index (χ4v) is 5.18. The Hall–Kier alpha value is -3.60. The SMILES string of the molecule is CCCC(NCCCN=C(C)N)c1ccc(-n2cc3cc(-c4cc(CCCC(C)N)cc(Cl)c4F)[nH]c3nc2=O)cn1. The minimum Gasteiger partial charge on any atom is -0.388 e. The van der Waals surface area contributed by atoms with Crippen LogP contribution in [0.5, 0.6) is 0 Å². The van der Waals surface area contributed by atoms with Crippen molar-refractivity contribution in [1.82, 2.24) is 24.8 Å². The van der Waals surface area contributed by atoms with E-state index in [2.05, 4.69) is 32.2 Å². The highest BCUT2D eigenvalue weighted by Gasteiger charge is 2.16. The molecule has 0 bridgehead atoms. The molecule has 4 aromatic rings. The number of aryl methyl sites for hydroxylation is 1. The predicted octanol–water partition coefficient (Wildman–Crippen LogP) is 5.44. The second kappa shape index (κ2) is 14.5. The number of nitrogens with zero attached hydrogens (tertiary/aromatic N) is 4. The first-order valence-corrected chi connectivity index (χ1v) is 14.9. The molecule has 42 heavy (non-hydrogen) atoms. The molecule has 4 rings (SSSR count). The number of aromatic nitrogens is 4. The van der Waals surface area contributed by atoms with Gasteiger partial charge in [0.1, 0.15) is 5.65 Å². The van der Waals surface area contributed by atoms with Crippen molar-refractivity contribution in [2.75, 3.05) is 13.1 Å². The first-order chi connectivity index (χ1) is 20.2. The van der Waals surface area contributed by atoms with E-state index in [1.54, 1.807) is 37.5 Å². The molecule has 0 aliphatic rings. The van der Waals surface area contributed by atoms with Gasteiger partial charge in [0.25, 0.3) is 0 Å². The summed E-state index contributed by atoms with van der Waals surface area (Å²) in [5.74, 6) is 0.0670. The van der Waals surface area contributed by atoms with Crippen LogP contribution in [0.3, 0.4) is 0 Å². The van der Waals surface area contributed by atoms with Crippen LogP contribution in [0.1, 0.15) is 70.2 Å². The number of hydrogen-bond donors (Lipinski definition) is 4. The first kappa shape index (κ1) is 31.3. The Morgan fingerprint density at radius 1 is 1.24 bits per heavy atom. The Balaban J connectivity index is 1.56. The van der Waals surface area contributed by atoms with E-state index in [4.69, 9.17) is 23.1 Å². The fraction of sp³-hybridized carbons (Fsp3) is 0.419. The third-order valence-corrected chi connectivity index (χ3v) is 7.36. The zero-order valence-electron chi connectivity index (χ0n) is 24.5. The number of aromatic amines is 1. The summed E-state index contributed by atoms with van der Waals surface area (Å²) in [5.41, 5.74) is 14.6. The Bertz CT molecular complexity index is 1570. The summed E-state index contributed by atoms with van der Waals surface area (Å²) in [5, 5.41) is 4.26. The lowest BCUT2D eigenvalue weighted by Gasteiger charge is -2.18. The highest BCUT2D eigenvalue weighted by atomic mass is 35.5. The van der Waals surface area contributed by atoms with Crippen molar-refractivity contribution in [2.45, 2.75) is 71.4 Å². The van der Waals surface area contributed by atoms with Crippen LogP contribution < -0.4 is 22.5 Å². The first-order valence-electron chi connectivity index (χ1n) is 14.5. The molecule has 9 nitrogen and oxygen atoms in total. The molecular formula is C31H40ClFN8O. The minimum atomic E-state index is -0.522. The van der Waals surface area contributed by atoms with Crippen molar-refractivity contribution in [3.8, 4) is 16.9 Å². The standard InChI is InChI=1S/C31H40ClFN8O/c1-4-7-26(37-13-6-12-36-20(3)35)27-11-10-23(17-38-27)41-18-22-16-28(39-30(22)40-31(41)42)24-14-21(9-5-8-19(2)34)15-25(32)29(24)33/h10-11,14-19,26,37H,4-9,12-13,34H2,1-3H3,(H2,35,36)(H,39,40,42). The van der Waals surface area contributed by atoms with Crippen molar-refractivity contribution in [1.29, 1.82) is 0 Å². The monoisotopic (exact) mass is 594 g/mol. The second-order valence-corrected chi connectivity index (χ2v) is 11.2. The Labute approximate surface area is 250 Å². The molecule has 6 N–H and O–H groups in total. The average molecular weight is 595 g/mol. The molecule has 0 amide bonds. The van der Waals surface area contributed by atoms with E-state index in [-0.39, 0.29) is 17.1 Å². The summed E-state index contributed by atoms with van der Waals surface area (Å²) < 4.78 is 16.5. The zero-order valence-corrected chi connectivity index (χ0v) is 25.2. The minimum absolute atomic E-state index is 0.0516. The van der Waals surface area contributed by atoms with Gasteiger partial charge in [0.2, 0.25) is 0 Å². The lowest BCUT2D eigenvalue weighted by Crippen LogP contribution is -2.24. The van der Waals surface area contributed by atoms with Gasteiger partial charge in [0.05, 0.1) is 34.1 Å². The van der Waals surface area contributed by atoms with Crippen molar-refractivity contribution in [2.24, 2.45) is 16.5 Å². The van der Waals surface area contributed by atoms with E-state index in [1.807, 2.05) is 19.1 Å². The Morgan fingerprint density at radius 2 is 2.05 bits per heavy atom. The molecule has 224 valence electrons. The topological polar surface area (TPSA) is 140 Å². The van der Waals surface area contributed by atoms with Gasteiger partial charge in [-0.1, -0.05) is 24.9 Å². The molecule has 0 fully saturated rings. The van der Waals surface area contributed by atoms with E-state index >= 15 is 4.39 Å². The fourth-order valence-electron chi connectivity index (χ4n) is 4.94. The summed E-state index contributed by atoms with van der Waals surface area (Å²) in [4.78, 5) is 29.2. The van der Waals surface area contributed by atoms with Crippen molar-refractivity contribution < 1.29 is 4.39 Å². The van der Waals surface area contributed by atoms with E-state index in [0.29, 0.717) is 40.4 Å². The average Bonchev–Trinajstić information content (AvgIpc) is 3.36. The van der Waals surface area contributed by atoms with Gasteiger partial charge in [-0.05, 0) is 88.4 Å². The molecule has 2 atom stereocenters. The third-order valence-electron chi connectivity index (χ3n) is 7.08. The van der Waals surface area contributed by atoms with Gasteiger partial charge in [-0.3, -0.25) is 14.5 Å². The summed E-state index contributed by atoms with van der Waals surface area (Å²) in [6, 6.07) is 9.20. The second-order valence-electron chi connectivity index (χ2n) is 10.8. The summed E-state index contributed by atoms with van der Waals surface area (Å²) >= 11 is 6.24. The van der Waals surface area contributed by atoms with Gasteiger partial charge < -0.3 is 21.8 Å². The molecule has 0 radical (unpaired) electrons. The van der Waals surface area contributed by atoms with Crippen LogP contribution in [0.25, 0.3) is 28.0 Å². The van der Waals surface area contributed by atoms with Gasteiger partial charge in [-0.15, -0.1) is 0 Å². The van der Waals surface area contributed by atoms with Crippen LogP contribution in [-0.2, 0) is 6.42 Å². The Morgan fingerprint density at radius 3 is 2.74 bits per heavy atom. The van der Waals surface area contributed by atoms with Crippen molar-refractivity contribution >= 4 is 28.5 Å². The highest BCUT2D eigenvalue weighted by Crippen LogP contribution is 2.31. The number of rotatable bonds is 14. The molecule has 0 saturated heterocycles. The number of H-pyrrole nitrogens is 1. The van der Waals surface area contributed by atoms with E-state index in [1.165, 1.54) is 4.57 Å².